The number of pyridine rings is 2. The first-order valence-corrected chi connectivity index (χ1v) is 7.17. The molecule has 1 aliphatic rings. The van der Waals surface area contributed by atoms with E-state index in [1.54, 1.807) is 6.20 Å². The molecule has 3 heterocycles. The third-order valence-electron chi connectivity index (χ3n) is 3.54. The van der Waals surface area contributed by atoms with Crippen LogP contribution >= 0.6 is 11.6 Å². The first kappa shape index (κ1) is 13.3. The molecule has 1 fully saturated rings. The molecule has 1 saturated heterocycles. The van der Waals surface area contributed by atoms with Gasteiger partial charge in [0, 0.05) is 51.3 Å². The van der Waals surface area contributed by atoms with E-state index in [0.29, 0.717) is 5.02 Å². The molecule has 0 radical (unpaired) electrons. The Hall–Kier alpha value is -1.65. The van der Waals surface area contributed by atoms with Gasteiger partial charge in [0.1, 0.15) is 5.82 Å². The molecular weight excluding hydrogens is 272 g/mol. The number of hydrogen-bond donors (Lipinski definition) is 0. The predicted octanol–water partition coefficient (Wildman–Crippen LogP) is 2.45. The molecule has 3 rings (SSSR count). The van der Waals surface area contributed by atoms with E-state index in [9.17, 15) is 0 Å². The number of aromatic nitrogens is 2. The fraction of sp³-hybridized carbons (Fsp3) is 0.333. The van der Waals surface area contributed by atoms with Gasteiger partial charge in [0.2, 0.25) is 0 Å². The van der Waals surface area contributed by atoms with Crippen LogP contribution in [0.15, 0.2) is 42.9 Å². The van der Waals surface area contributed by atoms with Gasteiger partial charge in [0.25, 0.3) is 0 Å². The van der Waals surface area contributed by atoms with Gasteiger partial charge in [-0.25, -0.2) is 4.98 Å². The van der Waals surface area contributed by atoms with E-state index in [-0.39, 0.29) is 0 Å². The monoisotopic (exact) mass is 288 g/mol. The Balaban J connectivity index is 1.55. The number of piperazine rings is 1. The van der Waals surface area contributed by atoms with Gasteiger partial charge in [-0.3, -0.25) is 9.88 Å². The minimum absolute atomic E-state index is 0.684. The van der Waals surface area contributed by atoms with Crippen LogP contribution in [-0.2, 0) is 6.54 Å². The summed E-state index contributed by atoms with van der Waals surface area (Å²) >= 11 is 5.87. The maximum absolute atomic E-state index is 5.87. The van der Waals surface area contributed by atoms with Crippen molar-refractivity contribution in [2.75, 3.05) is 31.1 Å². The molecule has 0 N–H and O–H groups in total. The molecule has 5 heteroatoms. The van der Waals surface area contributed by atoms with E-state index in [0.717, 1.165) is 38.5 Å². The lowest BCUT2D eigenvalue weighted by Gasteiger charge is -2.35. The van der Waals surface area contributed by atoms with Crippen molar-refractivity contribution in [2.45, 2.75) is 6.54 Å². The van der Waals surface area contributed by atoms with Crippen molar-refractivity contribution < 1.29 is 0 Å². The Labute approximate surface area is 124 Å². The van der Waals surface area contributed by atoms with Gasteiger partial charge in [0.05, 0.1) is 5.02 Å². The zero-order valence-electron chi connectivity index (χ0n) is 11.2. The number of hydrogen-bond acceptors (Lipinski definition) is 4. The van der Waals surface area contributed by atoms with Crippen molar-refractivity contribution in [3.63, 3.8) is 0 Å². The maximum atomic E-state index is 5.87. The van der Waals surface area contributed by atoms with Gasteiger partial charge in [-0.2, -0.15) is 0 Å². The molecule has 20 heavy (non-hydrogen) atoms. The fourth-order valence-electron chi connectivity index (χ4n) is 2.44. The maximum Gasteiger partial charge on any atom is 0.128 e. The minimum atomic E-state index is 0.684. The number of anilines is 1. The van der Waals surface area contributed by atoms with Crippen LogP contribution in [0, 0.1) is 0 Å². The third kappa shape index (κ3) is 3.26. The first-order valence-electron chi connectivity index (χ1n) is 6.79. The highest BCUT2D eigenvalue weighted by Crippen LogP contribution is 2.16. The highest BCUT2D eigenvalue weighted by molar-refractivity contribution is 6.30. The minimum Gasteiger partial charge on any atom is -0.354 e. The van der Waals surface area contributed by atoms with Crippen LogP contribution in [0.4, 0.5) is 5.82 Å². The van der Waals surface area contributed by atoms with Crippen LogP contribution in [0.5, 0.6) is 0 Å². The smallest absolute Gasteiger partial charge is 0.128 e. The first-order chi connectivity index (χ1) is 9.81. The Morgan fingerprint density at radius 3 is 2.55 bits per heavy atom. The van der Waals surface area contributed by atoms with E-state index in [1.165, 1.54) is 5.56 Å². The van der Waals surface area contributed by atoms with Crippen molar-refractivity contribution in [1.29, 1.82) is 0 Å². The van der Waals surface area contributed by atoms with E-state index >= 15 is 0 Å². The molecule has 0 saturated carbocycles. The van der Waals surface area contributed by atoms with Gasteiger partial charge in [0.15, 0.2) is 0 Å². The van der Waals surface area contributed by atoms with Gasteiger partial charge < -0.3 is 4.90 Å². The van der Waals surface area contributed by atoms with Crippen LogP contribution < -0.4 is 4.90 Å². The summed E-state index contributed by atoms with van der Waals surface area (Å²) in [5.74, 6) is 1.01. The lowest BCUT2D eigenvalue weighted by Crippen LogP contribution is -2.46. The van der Waals surface area contributed by atoms with Crippen molar-refractivity contribution in [2.24, 2.45) is 0 Å². The molecule has 0 bridgehead atoms. The van der Waals surface area contributed by atoms with E-state index in [1.807, 2.05) is 30.6 Å². The van der Waals surface area contributed by atoms with Crippen molar-refractivity contribution in [3.8, 4) is 0 Å². The van der Waals surface area contributed by atoms with Crippen LogP contribution in [0.25, 0.3) is 0 Å². The van der Waals surface area contributed by atoms with E-state index in [4.69, 9.17) is 11.6 Å². The molecule has 0 aliphatic carbocycles. The second kappa shape index (κ2) is 6.20. The number of nitrogens with zero attached hydrogens (tertiary/aromatic N) is 4. The highest BCUT2D eigenvalue weighted by atomic mass is 35.5. The quantitative estimate of drug-likeness (QED) is 0.868. The third-order valence-corrected chi connectivity index (χ3v) is 3.76. The Morgan fingerprint density at radius 1 is 1.05 bits per heavy atom. The van der Waals surface area contributed by atoms with Crippen molar-refractivity contribution >= 4 is 17.4 Å². The Bertz CT molecular complexity index is 536. The summed E-state index contributed by atoms with van der Waals surface area (Å²) in [5, 5.41) is 0.684. The average Bonchev–Trinajstić information content (AvgIpc) is 2.50. The van der Waals surface area contributed by atoms with E-state index in [2.05, 4.69) is 25.8 Å². The lowest BCUT2D eigenvalue weighted by atomic mass is 10.2. The topological polar surface area (TPSA) is 32.3 Å². The molecule has 0 aromatic carbocycles. The molecule has 2 aromatic heterocycles. The molecular formula is C15H17ClN4. The summed E-state index contributed by atoms with van der Waals surface area (Å²) in [6, 6.07) is 7.99. The summed E-state index contributed by atoms with van der Waals surface area (Å²) in [6.45, 7) is 5.04. The molecule has 4 nitrogen and oxygen atoms in total. The summed E-state index contributed by atoms with van der Waals surface area (Å²) in [4.78, 5) is 13.3. The van der Waals surface area contributed by atoms with Crippen molar-refractivity contribution in [1.82, 2.24) is 14.9 Å². The Kier molecular flexibility index (Phi) is 4.14. The lowest BCUT2D eigenvalue weighted by molar-refractivity contribution is 0.249. The van der Waals surface area contributed by atoms with Crippen LogP contribution in [0.1, 0.15) is 5.56 Å². The normalized spacial score (nSPS) is 16.4. The van der Waals surface area contributed by atoms with Gasteiger partial charge in [-0.15, -0.1) is 0 Å². The summed E-state index contributed by atoms with van der Waals surface area (Å²) in [5.41, 5.74) is 1.27. The molecule has 104 valence electrons. The van der Waals surface area contributed by atoms with Gasteiger partial charge in [-0.1, -0.05) is 17.7 Å². The number of rotatable bonds is 3. The van der Waals surface area contributed by atoms with Crippen LogP contribution in [0.3, 0.4) is 0 Å². The van der Waals surface area contributed by atoms with Gasteiger partial charge in [-0.05, 0) is 23.8 Å². The molecule has 0 atom stereocenters. The second-order valence-electron chi connectivity index (χ2n) is 4.96. The molecule has 0 unspecified atom stereocenters. The molecule has 1 aliphatic heterocycles. The molecule has 0 amide bonds. The average molecular weight is 289 g/mol. The largest absolute Gasteiger partial charge is 0.354 e. The standard InChI is InChI=1S/C15H17ClN4/c16-14-3-4-15(18-11-14)20-8-6-19(7-9-20)12-13-2-1-5-17-10-13/h1-5,10-11H,6-9,12H2. The summed E-state index contributed by atoms with van der Waals surface area (Å²) in [6.07, 6.45) is 5.46. The van der Waals surface area contributed by atoms with Gasteiger partial charge >= 0.3 is 0 Å². The fourth-order valence-corrected chi connectivity index (χ4v) is 2.55. The summed E-state index contributed by atoms with van der Waals surface area (Å²) in [7, 11) is 0. The summed E-state index contributed by atoms with van der Waals surface area (Å²) < 4.78 is 0. The second-order valence-corrected chi connectivity index (χ2v) is 5.40. The van der Waals surface area contributed by atoms with Crippen molar-refractivity contribution in [3.05, 3.63) is 53.4 Å². The Morgan fingerprint density at radius 2 is 1.90 bits per heavy atom. The highest BCUT2D eigenvalue weighted by Gasteiger charge is 2.17. The zero-order valence-corrected chi connectivity index (χ0v) is 12.0. The van der Waals surface area contributed by atoms with Crippen LogP contribution in [0.2, 0.25) is 5.02 Å². The molecule has 2 aromatic rings. The van der Waals surface area contributed by atoms with E-state index < -0.39 is 0 Å². The SMILES string of the molecule is Clc1ccc(N2CCN(Cc3cccnc3)CC2)nc1. The zero-order chi connectivity index (χ0) is 13.8. The number of halogens is 1. The van der Waals surface area contributed by atoms with Crippen LogP contribution in [-0.4, -0.2) is 41.0 Å². The molecule has 0 spiro atoms. The predicted molar refractivity (Wildman–Crippen MR) is 81.0 cm³/mol.